The first kappa shape index (κ1) is 17.1. The zero-order valence-electron chi connectivity index (χ0n) is 14.5. The van der Waals surface area contributed by atoms with E-state index in [0.29, 0.717) is 24.1 Å². The van der Waals surface area contributed by atoms with E-state index in [0.717, 1.165) is 19.4 Å². The summed E-state index contributed by atoms with van der Waals surface area (Å²) in [4.78, 5) is 14.4. The van der Waals surface area contributed by atoms with E-state index in [1.165, 1.54) is 5.69 Å². The maximum atomic E-state index is 12.1. The molecule has 0 radical (unpaired) electrons. The van der Waals surface area contributed by atoms with Gasteiger partial charge in [0.15, 0.2) is 6.61 Å². The third-order valence-electron chi connectivity index (χ3n) is 4.41. The van der Waals surface area contributed by atoms with Crippen molar-refractivity contribution in [2.24, 2.45) is 0 Å². The highest BCUT2D eigenvalue weighted by Gasteiger charge is 2.24. The van der Waals surface area contributed by atoms with Crippen LogP contribution in [0.25, 0.3) is 0 Å². The Bertz CT molecular complexity index is 690. The Labute approximate surface area is 148 Å². The molecule has 0 aliphatic carbocycles. The second-order valence-electron chi connectivity index (χ2n) is 6.10. The summed E-state index contributed by atoms with van der Waals surface area (Å²) in [5, 5.41) is 2.99. The van der Waals surface area contributed by atoms with Gasteiger partial charge in [0.1, 0.15) is 11.5 Å². The van der Waals surface area contributed by atoms with E-state index in [1.807, 2.05) is 36.4 Å². The van der Waals surface area contributed by atoms with E-state index in [4.69, 9.17) is 9.47 Å². The normalized spacial score (nSPS) is 16.5. The second kappa shape index (κ2) is 8.42. The molecule has 2 aromatic carbocycles. The quantitative estimate of drug-likeness (QED) is 0.842. The van der Waals surface area contributed by atoms with Crippen molar-refractivity contribution in [2.45, 2.75) is 18.9 Å². The molecule has 1 atom stereocenters. The van der Waals surface area contributed by atoms with Crippen LogP contribution in [0.4, 0.5) is 5.69 Å². The number of rotatable bonds is 7. The number of anilines is 1. The standard InChI is InChI=1S/C20H24N2O3/c1-24-18-10-5-11-19(13-18)25-15-20(23)21-14-17-9-6-12-22(17)16-7-3-2-4-8-16/h2-5,7-8,10-11,13,17H,6,9,12,14-15H2,1H3,(H,21,23). The van der Waals surface area contributed by atoms with Crippen LogP contribution in [0.3, 0.4) is 0 Å². The molecule has 132 valence electrons. The molecular formula is C20H24N2O3. The monoisotopic (exact) mass is 340 g/mol. The summed E-state index contributed by atoms with van der Waals surface area (Å²) in [5.74, 6) is 1.23. The molecule has 0 spiro atoms. The molecule has 1 unspecified atom stereocenters. The fraction of sp³-hybridized carbons (Fsp3) is 0.350. The average Bonchev–Trinajstić information content (AvgIpc) is 3.14. The Morgan fingerprint density at radius 3 is 2.76 bits per heavy atom. The van der Waals surface area contributed by atoms with Gasteiger partial charge in [0.25, 0.3) is 5.91 Å². The van der Waals surface area contributed by atoms with Gasteiger partial charge in [0, 0.05) is 30.9 Å². The number of carbonyl (C=O) groups excluding carboxylic acids is 1. The summed E-state index contributed by atoms with van der Waals surface area (Å²) in [6, 6.07) is 17.9. The molecular weight excluding hydrogens is 316 g/mol. The Kier molecular flexibility index (Phi) is 5.77. The minimum absolute atomic E-state index is 0.00518. The average molecular weight is 340 g/mol. The smallest absolute Gasteiger partial charge is 0.258 e. The first-order chi connectivity index (χ1) is 12.3. The predicted octanol–water partition coefficient (Wildman–Crippen LogP) is 2.86. The van der Waals surface area contributed by atoms with Crippen LogP contribution >= 0.6 is 0 Å². The van der Waals surface area contributed by atoms with Gasteiger partial charge in [-0.1, -0.05) is 24.3 Å². The summed E-state index contributed by atoms with van der Waals surface area (Å²) >= 11 is 0. The minimum atomic E-state index is -0.109. The maximum Gasteiger partial charge on any atom is 0.258 e. The van der Waals surface area contributed by atoms with Crippen LogP contribution in [0.1, 0.15) is 12.8 Å². The van der Waals surface area contributed by atoms with Crippen LogP contribution in [-0.2, 0) is 4.79 Å². The number of nitrogens with zero attached hydrogens (tertiary/aromatic N) is 1. The van der Waals surface area contributed by atoms with Crippen molar-refractivity contribution >= 4 is 11.6 Å². The maximum absolute atomic E-state index is 12.1. The van der Waals surface area contributed by atoms with Crippen LogP contribution in [0.5, 0.6) is 11.5 Å². The largest absolute Gasteiger partial charge is 0.497 e. The summed E-state index contributed by atoms with van der Waals surface area (Å²) in [7, 11) is 1.60. The van der Waals surface area contributed by atoms with Crippen molar-refractivity contribution in [3.05, 3.63) is 54.6 Å². The number of benzene rings is 2. The molecule has 1 fully saturated rings. The highest BCUT2D eigenvalue weighted by molar-refractivity contribution is 5.77. The summed E-state index contributed by atoms with van der Waals surface area (Å²) < 4.78 is 10.7. The zero-order valence-corrected chi connectivity index (χ0v) is 14.5. The molecule has 1 amide bonds. The van der Waals surface area contributed by atoms with Gasteiger partial charge in [-0.05, 0) is 37.1 Å². The number of hydrogen-bond donors (Lipinski definition) is 1. The van der Waals surface area contributed by atoms with Gasteiger partial charge in [0.05, 0.1) is 7.11 Å². The highest BCUT2D eigenvalue weighted by Crippen LogP contribution is 2.24. The van der Waals surface area contributed by atoms with E-state index in [1.54, 1.807) is 13.2 Å². The molecule has 0 saturated carbocycles. The van der Waals surface area contributed by atoms with Gasteiger partial charge >= 0.3 is 0 Å². The fourth-order valence-electron chi connectivity index (χ4n) is 3.13. The van der Waals surface area contributed by atoms with Crippen LogP contribution < -0.4 is 19.7 Å². The molecule has 1 aliphatic heterocycles. The van der Waals surface area contributed by atoms with Crippen molar-refractivity contribution in [3.8, 4) is 11.5 Å². The molecule has 2 aromatic rings. The first-order valence-corrected chi connectivity index (χ1v) is 8.61. The number of methoxy groups -OCH3 is 1. The third kappa shape index (κ3) is 4.66. The number of para-hydroxylation sites is 1. The molecule has 25 heavy (non-hydrogen) atoms. The number of nitrogens with one attached hydrogen (secondary N) is 1. The number of amides is 1. The zero-order chi connectivity index (χ0) is 17.5. The predicted molar refractivity (Wildman–Crippen MR) is 98.3 cm³/mol. The van der Waals surface area contributed by atoms with E-state index in [9.17, 15) is 4.79 Å². The van der Waals surface area contributed by atoms with E-state index in [-0.39, 0.29) is 12.5 Å². The van der Waals surface area contributed by atoms with Crippen molar-refractivity contribution in [1.29, 1.82) is 0 Å². The Morgan fingerprint density at radius 1 is 1.16 bits per heavy atom. The minimum Gasteiger partial charge on any atom is -0.497 e. The van der Waals surface area contributed by atoms with E-state index < -0.39 is 0 Å². The van der Waals surface area contributed by atoms with Gasteiger partial charge in [-0.3, -0.25) is 4.79 Å². The number of hydrogen-bond acceptors (Lipinski definition) is 4. The summed E-state index contributed by atoms with van der Waals surface area (Å²) in [5.41, 5.74) is 1.21. The van der Waals surface area contributed by atoms with Gasteiger partial charge < -0.3 is 19.7 Å². The van der Waals surface area contributed by atoms with Crippen LogP contribution in [0.15, 0.2) is 54.6 Å². The topological polar surface area (TPSA) is 50.8 Å². The lowest BCUT2D eigenvalue weighted by molar-refractivity contribution is -0.123. The Hall–Kier alpha value is -2.69. The molecule has 1 aliphatic rings. The molecule has 5 heteroatoms. The molecule has 0 aromatic heterocycles. The Balaban J connectivity index is 1.47. The number of carbonyl (C=O) groups is 1. The van der Waals surface area contributed by atoms with Gasteiger partial charge in [-0.2, -0.15) is 0 Å². The third-order valence-corrected chi connectivity index (χ3v) is 4.41. The van der Waals surface area contributed by atoms with E-state index >= 15 is 0 Å². The molecule has 0 bridgehead atoms. The lowest BCUT2D eigenvalue weighted by Crippen LogP contribution is -2.41. The molecule has 5 nitrogen and oxygen atoms in total. The highest BCUT2D eigenvalue weighted by atomic mass is 16.5. The lowest BCUT2D eigenvalue weighted by atomic mass is 10.2. The first-order valence-electron chi connectivity index (χ1n) is 8.61. The molecule has 1 N–H and O–H groups in total. The van der Waals surface area contributed by atoms with Crippen molar-refractivity contribution in [1.82, 2.24) is 5.32 Å². The SMILES string of the molecule is COc1cccc(OCC(=O)NCC2CCCN2c2ccccc2)c1. The van der Waals surface area contributed by atoms with Crippen LogP contribution in [0, 0.1) is 0 Å². The summed E-state index contributed by atoms with van der Waals surface area (Å²) in [6.45, 7) is 1.67. The fourth-order valence-corrected chi connectivity index (χ4v) is 3.13. The van der Waals surface area contributed by atoms with Gasteiger partial charge in [-0.25, -0.2) is 0 Å². The molecule has 1 heterocycles. The Morgan fingerprint density at radius 2 is 1.96 bits per heavy atom. The molecule has 1 saturated heterocycles. The van der Waals surface area contributed by atoms with Crippen molar-refractivity contribution in [2.75, 3.05) is 31.7 Å². The van der Waals surface area contributed by atoms with Crippen molar-refractivity contribution < 1.29 is 14.3 Å². The second-order valence-corrected chi connectivity index (χ2v) is 6.10. The van der Waals surface area contributed by atoms with Crippen molar-refractivity contribution in [3.63, 3.8) is 0 Å². The summed E-state index contributed by atoms with van der Waals surface area (Å²) in [6.07, 6.45) is 2.24. The van der Waals surface area contributed by atoms with E-state index in [2.05, 4.69) is 22.3 Å². The van der Waals surface area contributed by atoms with Gasteiger partial charge in [-0.15, -0.1) is 0 Å². The van der Waals surface area contributed by atoms with Crippen LogP contribution in [0.2, 0.25) is 0 Å². The lowest BCUT2D eigenvalue weighted by Gasteiger charge is -2.27. The van der Waals surface area contributed by atoms with Gasteiger partial charge in [0.2, 0.25) is 0 Å². The van der Waals surface area contributed by atoms with Crippen LogP contribution in [-0.4, -0.2) is 38.8 Å². The molecule has 3 rings (SSSR count). The number of ether oxygens (including phenoxy) is 2.